The molecule has 0 saturated carbocycles. The molecule has 1 rings (SSSR count). The third kappa shape index (κ3) is 6.17. The van der Waals surface area contributed by atoms with Crippen molar-refractivity contribution in [3.8, 4) is 0 Å². The van der Waals surface area contributed by atoms with Gasteiger partial charge in [0.2, 0.25) is 0 Å². The van der Waals surface area contributed by atoms with E-state index >= 15 is 0 Å². The molecule has 6 nitrogen and oxygen atoms in total. The Bertz CT molecular complexity index is 594. The minimum absolute atomic E-state index is 0.0764. The highest BCUT2D eigenvalue weighted by Crippen LogP contribution is 2.30. The number of carbonyl (C=O) groups excluding carboxylic acids is 3. The smallest absolute Gasteiger partial charge is 0.341 e. The van der Waals surface area contributed by atoms with Gasteiger partial charge in [0, 0.05) is 5.92 Å². The largest absolute Gasteiger partial charge is 0.466 e. The Balaban J connectivity index is 3.23. The molecule has 0 atom stereocenters. The maximum Gasteiger partial charge on any atom is 0.341 e. The van der Waals surface area contributed by atoms with E-state index < -0.39 is 29.6 Å². The molecule has 0 amide bonds. The van der Waals surface area contributed by atoms with Crippen LogP contribution < -0.4 is 0 Å². The van der Waals surface area contributed by atoms with Crippen molar-refractivity contribution in [1.82, 2.24) is 0 Å². The lowest BCUT2D eigenvalue weighted by Crippen LogP contribution is -2.19. The molecule has 0 heterocycles. The molecular weight excluding hydrogens is 331 g/mol. The van der Waals surface area contributed by atoms with Crippen LogP contribution in [-0.2, 0) is 23.8 Å². The van der Waals surface area contributed by atoms with Gasteiger partial charge in [0.15, 0.2) is 0 Å². The van der Waals surface area contributed by atoms with Crippen LogP contribution in [0.1, 0.15) is 55.5 Å². The van der Waals surface area contributed by atoms with Crippen molar-refractivity contribution in [3.05, 3.63) is 35.1 Å². The summed E-state index contributed by atoms with van der Waals surface area (Å²) < 4.78 is 28.9. The molecule has 0 aliphatic heterocycles. The van der Waals surface area contributed by atoms with Crippen LogP contribution in [0.3, 0.4) is 0 Å². The van der Waals surface area contributed by atoms with Crippen molar-refractivity contribution in [1.29, 1.82) is 0 Å². The number of hydrogen-bond acceptors (Lipinski definition) is 6. The van der Waals surface area contributed by atoms with E-state index in [1.54, 1.807) is 20.8 Å². The van der Waals surface area contributed by atoms with Crippen molar-refractivity contribution < 1.29 is 33.0 Å². The van der Waals surface area contributed by atoms with Crippen LogP contribution in [0.2, 0.25) is 0 Å². The summed E-state index contributed by atoms with van der Waals surface area (Å²) in [6.45, 7) is 5.35. The summed E-state index contributed by atoms with van der Waals surface area (Å²) in [6.07, 6.45) is -0.356. The second kappa shape index (κ2) is 10.4. The Morgan fingerprint density at radius 3 is 1.92 bits per heavy atom. The summed E-state index contributed by atoms with van der Waals surface area (Å²) in [5.74, 6) is -3.46. The number of halogens is 1. The summed E-state index contributed by atoms with van der Waals surface area (Å²) in [6, 6.07) is 4.04. The van der Waals surface area contributed by atoms with Gasteiger partial charge in [0.25, 0.3) is 0 Å². The van der Waals surface area contributed by atoms with E-state index in [0.29, 0.717) is 0 Å². The fourth-order valence-corrected chi connectivity index (χ4v) is 2.43. The predicted octanol–water partition coefficient (Wildman–Crippen LogP) is 2.99. The van der Waals surface area contributed by atoms with E-state index in [9.17, 15) is 18.8 Å². The number of hydrogen-bond donors (Lipinski definition) is 0. The van der Waals surface area contributed by atoms with Gasteiger partial charge < -0.3 is 14.2 Å². The fourth-order valence-electron chi connectivity index (χ4n) is 2.43. The van der Waals surface area contributed by atoms with E-state index in [-0.39, 0.29) is 43.8 Å². The van der Waals surface area contributed by atoms with Crippen molar-refractivity contribution in [2.24, 2.45) is 0 Å². The molecule has 0 saturated heterocycles. The standard InChI is InChI=1S/C18H23FO6/c1-4-23-15(20)10-12(11-16(21)24-5-2)13-8-7-9-14(19)17(13)18(22)25-6-3/h7-9,12H,4-6,10-11H2,1-3H3. The first kappa shape index (κ1) is 20.6. The Labute approximate surface area is 146 Å². The van der Waals surface area contributed by atoms with Crippen LogP contribution >= 0.6 is 0 Å². The first-order valence-electron chi connectivity index (χ1n) is 8.21. The van der Waals surface area contributed by atoms with Gasteiger partial charge in [-0.1, -0.05) is 12.1 Å². The average molecular weight is 354 g/mol. The molecule has 7 heteroatoms. The zero-order valence-corrected chi connectivity index (χ0v) is 14.7. The lowest BCUT2D eigenvalue weighted by molar-refractivity contribution is -0.145. The lowest BCUT2D eigenvalue weighted by Gasteiger charge is -2.19. The molecule has 138 valence electrons. The fraction of sp³-hybridized carbons (Fsp3) is 0.500. The summed E-state index contributed by atoms with van der Waals surface area (Å²) >= 11 is 0. The van der Waals surface area contributed by atoms with Gasteiger partial charge in [-0.15, -0.1) is 0 Å². The van der Waals surface area contributed by atoms with Crippen molar-refractivity contribution in [3.63, 3.8) is 0 Å². The molecule has 0 aliphatic rings. The summed E-state index contributed by atoms with van der Waals surface area (Å²) in [5.41, 5.74) is -0.0532. The van der Waals surface area contributed by atoms with Gasteiger partial charge in [-0.25, -0.2) is 9.18 Å². The van der Waals surface area contributed by atoms with Gasteiger partial charge in [0.1, 0.15) is 5.82 Å². The zero-order valence-electron chi connectivity index (χ0n) is 14.7. The molecule has 0 unspecified atom stereocenters. The minimum atomic E-state index is -0.840. The highest BCUT2D eigenvalue weighted by atomic mass is 19.1. The third-order valence-corrected chi connectivity index (χ3v) is 3.40. The number of ether oxygens (including phenoxy) is 3. The average Bonchev–Trinajstić information content (AvgIpc) is 2.54. The van der Waals surface area contributed by atoms with E-state index in [4.69, 9.17) is 14.2 Å². The molecule has 0 fully saturated rings. The molecule has 25 heavy (non-hydrogen) atoms. The Morgan fingerprint density at radius 2 is 1.44 bits per heavy atom. The number of rotatable bonds is 9. The van der Waals surface area contributed by atoms with E-state index in [1.165, 1.54) is 12.1 Å². The van der Waals surface area contributed by atoms with Gasteiger partial charge in [0.05, 0.1) is 38.2 Å². The van der Waals surface area contributed by atoms with Crippen LogP contribution in [0.15, 0.2) is 18.2 Å². The quantitative estimate of drug-likeness (QED) is 0.501. The van der Waals surface area contributed by atoms with Gasteiger partial charge in [-0.05, 0) is 32.4 Å². The van der Waals surface area contributed by atoms with Gasteiger partial charge >= 0.3 is 17.9 Å². The normalized spacial score (nSPS) is 10.4. The predicted molar refractivity (Wildman–Crippen MR) is 87.6 cm³/mol. The second-order valence-corrected chi connectivity index (χ2v) is 5.14. The van der Waals surface area contributed by atoms with Gasteiger partial charge in [-0.3, -0.25) is 9.59 Å². The van der Waals surface area contributed by atoms with E-state index in [0.717, 1.165) is 6.07 Å². The highest BCUT2D eigenvalue weighted by Gasteiger charge is 2.28. The van der Waals surface area contributed by atoms with Crippen LogP contribution in [0, 0.1) is 5.82 Å². The van der Waals surface area contributed by atoms with E-state index in [2.05, 4.69) is 0 Å². The zero-order chi connectivity index (χ0) is 18.8. The van der Waals surface area contributed by atoms with E-state index in [1.807, 2.05) is 0 Å². The minimum Gasteiger partial charge on any atom is -0.466 e. The summed E-state index contributed by atoms with van der Waals surface area (Å²) in [5, 5.41) is 0. The van der Waals surface area contributed by atoms with Crippen LogP contribution in [-0.4, -0.2) is 37.7 Å². The summed E-state index contributed by atoms with van der Waals surface area (Å²) in [7, 11) is 0. The number of benzene rings is 1. The first-order chi connectivity index (χ1) is 11.9. The van der Waals surface area contributed by atoms with Crippen LogP contribution in [0.5, 0.6) is 0 Å². The first-order valence-corrected chi connectivity index (χ1v) is 8.21. The Hall–Kier alpha value is -2.44. The third-order valence-electron chi connectivity index (χ3n) is 3.40. The van der Waals surface area contributed by atoms with Crippen LogP contribution in [0.4, 0.5) is 4.39 Å². The number of esters is 3. The Kier molecular flexibility index (Phi) is 8.60. The van der Waals surface area contributed by atoms with Crippen molar-refractivity contribution in [2.45, 2.75) is 39.5 Å². The maximum absolute atomic E-state index is 14.2. The number of carbonyl (C=O) groups is 3. The Morgan fingerprint density at radius 1 is 0.920 bits per heavy atom. The molecule has 0 spiro atoms. The van der Waals surface area contributed by atoms with Crippen LogP contribution in [0.25, 0.3) is 0 Å². The van der Waals surface area contributed by atoms with Crippen molar-refractivity contribution in [2.75, 3.05) is 19.8 Å². The summed E-state index contributed by atoms with van der Waals surface area (Å²) in [4.78, 5) is 35.9. The molecule has 1 aromatic rings. The molecule has 1 aromatic carbocycles. The molecule has 0 aliphatic carbocycles. The van der Waals surface area contributed by atoms with Crippen molar-refractivity contribution >= 4 is 17.9 Å². The molecule has 0 radical (unpaired) electrons. The maximum atomic E-state index is 14.2. The molecule has 0 bridgehead atoms. The lowest BCUT2D eigenvalue weighted by atomic mass is 9.88. The molecular formula is C18H23FO6. The van der Waals surface area contributed by atoms with Gasteiger partial charge in [-0.2, -0.15) is 0 Å². The molecule has 0 N–H and O–H groups in total. The second-order valence-electron chi connectivity index (χ2n) is 5.14. The SMILES string of the molecule is CCOC(=O)CC(CC(=O)OCC)c1cccc(F)c1C(=O)OCC. The molecule has 0 aromatic heterocycles. The topological polar surface area (TPSA) is 78.9 Å². The highest BCUT2D eigenvalue weighted by molar-refractivity contribution is 5.92. The monoisotopic (exact) mass is 354 g/mol.